The number of amides is 1. The lowest BCUT2D eigenvalue weighted by Crippen LogP contribution is -2.41. The number of carbonyl (C=O) groups is 1. The summed E-state index contributed by atoms with van der Waals surface area (Å²) in [4.78, 5) is 18.9. The van der Waals surface area contributed by atoms with Gasteiger partial charge in [-0.2, -0.15) is 0 Å². The third-order valence-corrected chi connectivity index (χ3v) is 4.82. The summed E-state index contributed by atoms with van der Waals surface area (Å²) in [7, 11) is 0. The van der Waals surface area contributed by atoms with E-state index < -0.39 is 0 Å². The Bertz CT molecular complexity index is 783. The Morgan fingerprint density at radius 3 is 2.74 bits per heavy atom. The van der Waals surface area contributed by atoms with E-state index in [1.165, 1.54) is 0 Å². The first-order valence-electron chi connectivity index (χ1n) is 9.10. The zero-order chi connectivity index (χ0) is 19.2. The minimum absolute atomic E-state index is 0.133. The fourth-order valence-corrected chi connectivity index (χ4v) is 3.47. The van der Waals surface area contributed by atoms with Crippen LogP contribution in [0.25, 0.3) is 0 Å². The molecule has 2 heterocycles. The minimum Gasteiger partial charge on any atom is -0.379 e. The fourth-order valence-electron chi connectivity index (χ4n) is 3.11. The van der Waals surface area contributed by atoms with E-state index in [2.05, 4.69) is 26.6 Å². The standard InChI is InChI=1S/C20H25ClN4O2/c1-14-9-15(2)19(18(21)10-14)24-17-11-16(12-22-13-17)20(26)23-3-4-25-5-7-27-8-6-25/h9-13,24H,3-8H2,1-2H3,(H,23,26). The average Bonchev–Trinajstić information content (AvgIpc) is 2.66. The molecule has 27 heavy (non-hydrogen) atoms. The van der Waals surface area contributed by atoms with Gasteiger partial charge in [-0.1, -0.05) is 17.7 Å². The third kappa shape index (κ3) is 5.42. The Kier molecular flexibility index (Phi) is 6.66. The zero-order valence-electron chi connectivity index (χ0n) is 15.7. The first kappa shape index (κ1) is 19.6. The fraction of sp³-hybridized carbons (Fsp3) is 0.400. The largest absolute Gasteiger partial charge is 0.379 e. The van der Waals surface area contributed by atoms with Gasteiger partial charge in [0, 0.05) is 32.4 Å². The van der Waals surface area contributed by atoms with Gasteiger partial charge in [-0.05, 0) is 37.1 Å². The number of hydrogen-bond acceptors (Lipinski definition) is 5. The molecule has 0 radical (unpaired) electrons. The quantitative estimate of drug-likeness (QED) is 0.795. The van der Waals surface area contributed by atoms with Crippen molar-refractivity contribution in [3.63, 3.8) is 0 Å². The Morgan fingerprint density at radius 1 is 1.22 bits per heavy atom. The van der Waals surface area contributed by atoms with Crippen LogP contribution in [-0.2, 0) is 4.74 Å². The van der Waals surface area contributed by atoms with Crippen LogP contribution in [0.2, 0.25) is 5.02 Å². The van der Waals surface area contributed by atoms with E-state index in [4.69, 9.17) is 16.3 Å². The number of pyridine rings is 1. The summed E-state index contributed by atoms with van der Waals surface area (Å²) in [5.41, 5.74) is 4.22. The Labute approximate surface area is 164 Å². The maximum atomic E-state index is 12.4. The Hall–Kier alpha value is -2.15. The topological polar surface area (TPSA) is 66.5 Å². The number of hydrogen-bond donors (Lipinski definition) is 2. The van der Waals surface area contributed by atoms with Gasteiger partial charge in [0.05, 0.1) is 41.4 Å². The Balaban J connectivity index is 1.60. The van der Waals surface area contributed by atoms with E-state index >= 15 is 0 Å². The first-order valence-corrected chi connectivity index (χ1v) is 9.48. The van der Waals surface area contributed by atoms with Crippen molar-refractivity contribution < 1.29 is 9.53 Å². The van der Waals surface area contributed by atoms with Gasteiger partial charge < -0.3 is 15.4 Å². The summed E-state index contributed by atoms with van der Waals surface area (Å²) >= 11 is 6.35. The van der Waals surface area contributed by atoms with Crippen molar-refractivity contribution in [3.8, 4) is 0 Å². The highest BCUT2D eigenvalue weighted by molar-refractivity contribution is 6.33. The second kappa shape index (κ2) is 9.17. The van der Waals surface area contributed by atoms with Crippen molar-refractivity contribution in [1.29, 1.82) is 0 Å². The molecule has 3 rings (SSSR count). The highest BCUT2D eigenvalue weighted by atomic mass is 35.5. The third-order valence-electron chi connectivity index (χ3n) is 4.52. The average molecular weight is 389 g/mol. The molecule has 2 N–H and O–H groups in total. The van der Waals surface area contributed by atoms with Crippen LogP contribution in [0.3, 0.4) is 0 Å². The first-order chi connectivity index (χ1) is 13.0. The molecule has 144 valence electrons. The SMILES string of the molecule is Cc1cc(C)c(Nc2cncc(C(=O)NCCN3CCOCC3)c2)c(Cl)c1. The monoisotopic (exact) mass is 388 g/mol. The van der Waals surface area contributed by atoms with Crippen molar-refractivity contribution in [2.45, 2.75) is 13.8 Å². The molecule has 7 heteroatoms. The van der Waals surface area contributed by atoms with Crippen molar-refractivity contribution >= 4 is 28.9 Å². The summed E-state index contributed by atoms with van der Waals surface area (Å²) in [5, 5.41) is 6.87. The van der Waals surface area contributed by atoms with Crippen molar-refractivity contribution in [1.82, 2.24) is 15.2 Å². The number of ether oxygens (including phenoxy) is 1. The number of nitrogens with one attached hydrogen (secondary N) is 2. The van der Waals surface area contributed by atoms with Gasteiger partial charge in [-0.15, -0.1) is 0 Å². The predicted molar refractivity (Wildman–Crippen MR) is 108 cm³/mol. The molecule has 1 aromatic heterocycles. The number of anilines is 2. The number of rotatable bonds is 6. The number of morpholine rings is 1. The second-order valence-electron chi connectivity index (χ2n) is 6.74. The summed E-state index contributed by atoms with van der Waals surface area (Å²) in [6.45, 7) is 8.75. The Morgan fingerprint density at radius 2 is 2.00 bits per heavy atom. The molecule has 6 nitrogen and oxygen atoms in total. The molecular weight excluding hydrogens is 364 g/mol. The van der Waals surface area contributed by atoms with Crippen molar-refractivity contribution in [3.05, 3.63) is 52.3 Å². The summed E-state index contributed by atoms with van der Waals surface area (Å²) in [5.74, 6) is -0.133. The van der Waals surface area contributed by atoms with Crippen LogP contribution >= 0.6 is 11.6 Å². The lowest BCUT2D eigenvalue weighted by Gasteiger charge is -2.26. The molecule has 0 atom stereocenters. The highest BCUT2D eigenvalue weighted by Crippen LogP contribution is 2.30. The van der Waals surface area contributed by atoms with E-state index in [1.54, 1.807) is 18.5 Å². The number of nitrogens with zero attached hydrogens (tertiary/aromatic N) is 2. The van der Waals surface area contributed by atoms with Crippen LogP contribution in [0.1, 0.15) is 21.5 Å². The van der Waals surface area contributed by atoms with Crippen LogP contribution in [0, 0.1) is 13.8 Å². The number of aromatic nitrogens is 1. The molecule has 0 unspecified atom stereocenters. The normalized spacial score (nSPS) is 14.8. The number of carbonyl (C=O) groups excluding carboxylic acids is 1. The molecule has 0 bridgehead atoms. The van der Waals surface area contributed by atoms with E-state index in [0.717, 1.165) is 55.3 Å². The van der Waals surface area contributed by atoms with E-state index in [0.29, 0.717) is 17.1 Å². The van der Waals surface area contributed by atoms with Crippen LogP contribution in [0.15, 0.2) is 30.6 Å². The molecule has 1 saturated heterocycles. The lowest BCUT2D eigenvalue weighted by molar-refractivity contribution is 0.0383. The smallest absolute Gasteiger partial charge is 0.252 e. The molecule has 2 aromatic rings. The summed E-state index contributed by atoms with van der Waals surface area (Å²) in [6, 6.07) is 5.75. The minimum atomic E-state index is -0.133. The predicted octanol–water partition coefficient (Wildman–Crippen LogP) is 3.16. The van der Waals surface area contributed by atoms with Crippen molar-refractivity contribution in [2.75, 3.05) is 44.7 Å². The van der Waals surface area contributed by atoms with Gasteiger partial charge in [0.15, 0.2) is 0 Å². The van der Waals surface area contributed by atoms with Gasteiger partial charge in [0.2, 0.25) is 0 Å². The van der Waals surface area contributed by atoms with Gasteiger partial charge >= 0.3 is 0 Å². The van der Waals surface area contributed by atoms with Crippen LogP contribution in [0.4, 0.5) is 11.4 Å². The van der Waals surface area contributed by atoms with Gasteiger partial charge in [0.25, 0.3) is 5.91 Å². The van der Waals surface area contributed by atoms with Crippen molar-refractivity contribution in [2.24, 2.45) is 0 Å². The molecule has 1 aromatic carbocycles. The molecule has 0 saturated carbocycles. The summed E-state index contributed by atoms with van der Waals surface area (Å²) < 4.78 is 5.33. The summed E-state index contributed by atoms with van der Waals surface area (Å²) in [6.07, 6.45) is 3.25. The van der Waals surface area contributed by atoms with Gasteiger partial charge in [-0.3, -0.25) is 14.7 Å². The number of aryl methyl sites for hydroxylation is 2. The maximum absolute atomic E-state index is 12.4. The van der Waals surface area contributed by atoms with Gasteiger partial charge in [0.1, 0.15) is 0 Å². The van der Waals surface area contributed by atoms with E-state index in [1.807, 2.05) is 19.9 Å². The zero-order valence-corrected chi connectivity index (χ0v) is 16.5. The molecule has 1 fully saturated rings. The number of halogens is 1. The van der Waals surface area contributed by atoms with E-state index in [-0.39, 0.29) is 5.91 Å². The number of benzene rings is 1. The molecule has 1 aliphatic heterocycles. The van der Waals surface area contributed by atoms with Crippen LogP contribution in [0.5, 0.6) is 0 Å². The highest BCUT2D eigenvalue weighted by Gasteiger charge is 2.12. The van der Waals surface area contributed by atoms with Crippen LogP contribution in [-0.4, -0.2) is 55.2 Å². The molecule has 0 spiro atoms. The van der Waals surface area contributed by atoms with Gasteiger partial charge in [-0.25, -0.2) is 0 Å². The second-order valence-corrected chi connectivity index (χ2v) is 7.14. The van der Waals surface area contributed by atoms with Crippen LogP contribution < -0.4 is 10.6 Å². The molecule has 1 amide bonds. The lowest BCUT2D eigenvalue weighted by atomic mass is 10.1. The van der Waals surface area contributed by atoms with E-state index in [9.17, 15) is 4.79 Å². The maximum Gasteiger partial charge on any atom is 0.252 e. The molecule has 0 aliphatic carbocycles. The molecular formula is C20H25ClN4O2. The molecule has 1 aliphatic rings.